The van der Waals surface area contributed by atoms with E-state index in [9.17, 15) is 18.0 Å². The molecule has 0 bridgehead atoms. The smallest absolute Gasteiger partial charge is 0.368 e. The van der Waals surface area contributed by atoms with Crippen LogP contribution in [-0.2, 0) is 17.5 Å². The first-order valence-corrected chi connectivity index (χ1v) is 10.6. The highest BCUT2D eigenvalue weighted by atomic mass is 35.5. The van der Waals surface area contributed by atoms with Crippen LogP contribution in [0.5, 0.6) is 0 Å². The van der Waals surface area contributed by atoms with Crippen LogP contribution < -0.4 is 4.90 Å². The Hall–Kier alpha value is -2.85. The van der Waals surface area contributed by atoms with Gasteiger partial charge in [0.05, 0.1) is 5.56 Å². The maximum atomic E-state index is 13.0. The van der Waals surface area contributed by atoms with Gasteiger partial charge in [-0.2, -0.15) is 18.3 Å². The highest BCUT2D eigenvalue weighted by molar-refractivity contribution is 7.71. The maximum Gasteiger partial charge on any atom is 0.416 e. The van der Waals surface area contributed by atoms with Gasteiger partial charge in [0.25, 0.3) is 0 Å². The Kier molecular flexibility index (Phi) is 6.25. The van der Waals surface area contributed by atoms with Crippen molar-refractivity contribution in [2.24, 2.45) is 0 Å². The number of benzene rings is 2. The van der Waals surface area contributed by atoms with Crippen LogP contribution in [0, 0.1) is 4.77 Å². The number of carbonyl (C=O) groups is 1. The fourth-order valence-electron chi connectivity index (χ4n) is 3.61. The number of alkyl halides is 3. The molecular formula is C21H19ClF3N5OS. The molecule has 0 saturated carbocycles. The quantitative estimate of drug-likeness (QED) is 0.552. The summed E-state index contributed by atoms with van der Waals surface area (Å²) in [4.78, 5) is 16.4. The summed E-state index contributed by atoms with van der Waals surface area (Å²) >= 11 is 11.2. The highest BCUT2D eigenvalue weighted by Crippen LogP contribution is 2.32. The van der Waals surface area contributed by atoms with Crippen molar-refractivity contribution >= 4 is 35.4 Å². The predicted molar refractivity (Wildman–Crippen MR) is 118 cm³/mol. The molecule has 168 valence electrons. The lowest BCUT2D eigenvalue weighted by molar-refractivity contribution is -0.137. The molecule has 0 spiro atoms. The Balaban J connectivity index is 1.43. The molecule has 1 saturated heterocycles. The maximum absolute atomic E-state index is 13.0. The van der Waals surface area contributed by atoms with E-state index in [0.29, 0.717) is 47.5 Å². The van der Waals surface area contributed by atoms with Crippen LogP contribution in [0.25, 0.3) is 11.4 Å². The number of piperazine rings is 1. The van der Waals surface area contributed by atoms with E-state index in [1.54, 1.807) is 39.8 Å². The first-order valence-electron chi connectivity index (χ1n) is 9.83. The number of H-pyrrole nitrogens is 1. The average Bonchev–Trinajstić information content (AvgIpc) is 3.14. The summed E-state index contributed by atoms with van der Waals surface area (Å²) in [5, 5.41) is 7.53. The minimum atomic E-state index is -4.39. The normalized spacial score (nSPS) is 14.6. The van der Waals surface area contributed by atoms with Gasteiger partial charge < -0.3 is 9.80 Å². The van der Waals surface area contributed by atoms with Gasteiger partial charge in [-0.15, -0.1) is 0 Å². The van der Waals surface area contributed by atoms with Crippen molar-refractivity contribution in [3.63, 3.8) is 0 Å². The molecule has 1 N–H and O–H groups in total. The molecule has 0 aliphatic carbocycles. The van der Waals surface area contributed by atoms with Crippen molar-refractivity contribution in [1.82, 2.24) is 19.7 Å². The highest BCUT2D eigenvalue weighted by Gasteiger charge is 2.31. The molecule has 2 aromatic carbocycles. The molecule has 1 fully saturated rings. The number of amides is 1. The molecule has 0 unspecified atom stereocenters. The van der Waals surface area contributed by atoms with Crippen molar-refractivity contribution < 1.29 is 18.0 Å². The van der Waals surface area contributed by atoms with Crippen molar-refractivity contribution in [3.8, 4) is 11.4 Å². The zero-order chi connectivity index (χ0) is 22.9. The molecule has 0 atom stereocenters. The van der Waals surface area contributed by atoms with Crippen molar-refractivity contribution in [3.05, 3.63) is 63.9 Å². The zero-order valence-corrected chi connectivity index (χ0v) is 18.3. The molecule has 1 aromatic heterocycles. The molecule has 1 amide bonds. The van der Waals surface area contributed by atoms with Gasteiger partial charge in [0.15, 0.2) is 10.6 Å². The third-order valence-corrected chi connectivity index (χ3v) is 5.89. The summed E-state index contributed by atoms with van der Waals surface area (Å²) in [5.74, 6) is 0.393. The Bertz CT molecular complexity index is 1170. The van der Waals surface area contributed by atoms with E-state index < -0.39 is 11.7 Å². The SMILES string of the molecule is O=C(Cn1c(-c2ccc(Cl)cc2)n[nH]c1=S)N1CCN(c2cccc(C(F)(F)F)c2)CC1. The molecule has 2 heterocycles. The molecule has 6 nitrogen and oxygen atoms in total. The van der Waals surface area contributed by atoms with Crippen molar-refractivity contribution in [2.45, 2.75) is 12.7 Å². The first kappa shape index (κ1) is 22.3. The van der Waals surface area contributed by atoms with Gasteiger partial charge in [-0.05, 0) is 54.7 Å². The lowest BCUT2D eigenvalue weighted by atomic mass is 10.1. The monoisotopic (exact) mass is 481 g/mol. The van der Waals surface area contributed by atoms with Crippen molar-refractivity contribution in [1.29, 1.82) is 0 Å². The van der Waals surface area contributed by atoms with E-state index in [1.807, 2.05) is 4.90 Å². The Morgan fingerprint density at radius 1 is 1.09 bits per heavy atom. The van der Waals surface area contributed by atoms with Crippen molar-refractivity contribution in [2.75, 3.05) is 31.1 Å². The van der Waals surface area contributed by atoms with E-state index >= 15 is 0 Å². The van der Waals surface area contributed by atoms with Gasteiger partial charge in [-0.1, -0.05) is 17.7 Å². The van der Waals surface area contributed by atoms with Crippen LogP contribution in [0.1, 0.15) is 5.56 Å². The Morgan fingerprint density at radius 2 is 1.78 bits per heavy atom. The number of nitrogens with one attached hydrogen (secondary N) is 1. The number of carbonyl (C=O) groups excluding carboxylic acids is 1. The second-order valence-electron chi connectivity index (χ2n) is 7.36. The topological polar surface area (TPSA) is 57.2 Å². The summed E-state index contributed by atoms with van der Waals surface area (Å²) in [7, 11) is 0. The number of aromatic amines is 1. The van der Waals surface area contributed by atoms with Crippen LogP contribution >= 0.6 is 23.8 Å². The number of anilines is 1. The van der Waals surface area contributed by atoms with Crippen LogP contribution in [-0.4, -0.2) is 51.8 Å². The molecular weight excluding hydrogens is 463 g/mol. The largest absolute Gasteiger partial charge is 0.416 e. The fourth-order valence-corrected chi connectivity index (χ4v) is 3.93. The summed E-state index contributed by atoms with van der Waals surface area (Å²) < 4.78 is 40.9. The third kappa shape index (κ3) is 4.81. The Morgan fingerprint density at radius 3 is 2.44 bits per heavy atom. The zero-order valence-electron chi connectivity index (χ0n) is 16.8. The molecule has 1 aliphatic rings. The Labute approximate surface area is 192 Å². The number of hydrogen-bond donors (Lipinski definition) is 1. The van der Waals surface area contributed by atoms with Gasteiger partial charge >= 0.3 is 6.18 Å². The minimum absolute atomic E-state index is 0.0108. The number of halogens is 4. The lowest BCUT2D eigenvalue weighted by Crippen LogP contribution is -2.49. The van der Waals surface area contributed by atoms with Gasteiger partial charge in [-0.3, -0.25) is 14.5 Å². The standard InChI is InChI=1S/C21H19ClF3N5OS/c22-16-6-4-14(5-7-16)19-26-27-20(32)30(19)13-18(31)29-10-8-28(9-11-29)17-3-1-2-15(12-17)21(23,24)25/h1-7,12H,8-11,13H2,(H,27,32). The lowest BCUT2D eigenvalue weighted by Gasteiger charge is -2.36. The molecule has 3 aromatic rings. The van der Waals surface area contributed by atoms with E-state index in [4.69, 9.17) is 23.8 Å². The first-order chi connectivity index (χ1) is 15.2. The molecule has 11 heteroatoms. The minimum Gasteiger partial charge on any atom is -0.368 e. The average molecular weight is 482 g/mol. The molecule has 0 radical (unpaired) electrons. The number of hydrogen-bond acceptors (Lipinski definition) is 4. The molecule has 4 rings (SSSR count). The van der Waals surface area contributed by atoms with Crippen LogP contribution in [0.3, 0.4) is 0 Å². The fraction of sp³-hybridized carbons (Fsp3) is 0.286. The molecule has 1 aliphatic heterocycles. The van der Waals surface area contributed by atoms with E-state index in [0.717, 1.165) is 17.7 Å². The van der Waals surface area contributed by atoms with Gasteiger partial charge in [0.1, 0.15) is 6.54 Å². The van der Waals surface area contributed by atoms with Crippen LogP contribution in [0.4, 0.5) is 18.9 Å². The van der Waals surface area contributed by atoms with E-state index in [1.165, 1.54) is 6.07 Å². The van der Waals surface area contributed by atoms with Crippen LogP contribution in [0.15, 0.2) is 48.5 Å². The van der Waals surface area contributed by atoms with Gasteiger partial charge in [0.2, 0.25) is 5.91 Å². The predicted octanol–water partition coefficient (Wildman–Crippen LogP) is 4.63. The number of aromatic nitrogens is 3. The van der Waals surface area contributed by atoms with Crippen LogP contribution in [0.2, 0.25) is 5.02 Å². The van der Waals surface area contributed by atoms with Gasteiger partial charge in [0, 0.05) is 42.5 Å². The van der Waals surface area contributed by atoms with E-state index in [-0.39, 0.29) is 12.5 Å². The third-order valence-electron chi connectivity index (χ3n) is 5.33. The second-order valence-corrected chi connectivity index (χ2v) is 8.18. The summed E-state index contributed by atoms with van der Waals surface area (Å²) in [6.45, 7) is 1.69. The number of nitrogens with zero attached hydrogens (tertiary/aromatic N) is 4. The summed E-state index contributed by atoms with van der Waals surface area (Å²) in [5.41, 5.74) is 0.579. The summed E-state index contributed by atoms with van der Waals surface area (Å²) in [6, 6.07) is 12.3. The van der Waals surface area contributed by atoms with Gasteiger partial charge in [-0.25, -0.2) is 0 Å². The summed E-state index contributed by atoms with van der Waals surface area (Å²) in [6.07, 6.45) is -4.39. The molecule has 32 heavy (non-hydrogen) atoms. The number of rotatable bonds is 4. The van der Waals surface area contributed by atoms with E-state index in [2.05, 4.69) is 10.2 Å². The second kappa shape index (κ2) is 8.95.